The van der Waals surface area contributed by atoms with E-state index in [1.54, 1.807) is 6.07 Å². The van der Waals surface area contributed by atoms with Crippen molar-refractivity contribution in [3.8, 4) is 11.4 Å². The number of anilines is 1. The van der Waals surface area contributed by atoms with Crippen molar-refractivity contribution in [1.82, 2.24) is 20.2 Å². The number of nitrogens with zero attached hydrogens (tertiary/aromatic N) is 4. The summed E-state index contributed by atoms with van der Waals surface area (Å²) in [5.74, 6) is 0.205. The van der Waals surface area contributed by atoms with Gasteiger partial charge in [0, 0.05) is 11.3 Å². The summed E-state index contributed by atoms with van der Waals surface area (Å²) in [4.78, 5) is 0. The molecule has 0 spiro atoms. The van der Waals surface area contributed by atoms with Crippen molar-refractivity contribution in [3.63, 3.8) is 0 Å². The van der Waals surface area contributed by atoms with Crippen LogP contribution in [0.4, 0.5) is 10.1 Å². The zero-order valence-corrected chi connectivity index (χ0v) is 10.8. The van der Waals surface area contributed by atoms with Crippen LogP contribution in [0, 0.1) is 5.82 Å². The number of hydrogen-bond donors (Lipinski definition) is 1. The number of rotatable bonds is 2. The van der Waals surface area contributed by atoms with E-state index in [9.17, 15) is 4.39 Å². The van der Waals surface area contributed by atoms with Crippen molar-refractivity contribution >= 4 is 5.69 Å². The lowest BCUT2D eigenvalue weighted by molar-refractivity contribution is 0.292. The molecule has 2 N–H and O–H groups in total. The molecule has 0 amide bonds. The van der Waals surface area contributed by atoms with Gasteiger partial charge in [0.1, 0.15) is 5.82 Å². The molecule has 0 aliphatic heterocycles. The first-order valence-electron chi connectivity index (χ1n) is 6.44. The van der Waals surface area contributed by atoms with Crippen LogP contribution < -0.4 is 5.73 Å². The van der Waals surface area contributed by atoms with Crippen molar-refractivity contribution < 1.29 is 4.39 Å². The fourth-order valence-electron chi connectivity index (χ4n) is 2.82. The van der Waals surface area contributed by atoms with Crippen LogP contribution in [-0.4, -0.2) is 20.2 Å². The molecule has 19 heavy (non-hydrogen) atoms. The highest BCUT2D eigenvalue weighted by Gasteiger charge is 2.34. The molecule has 1 saturated carbocycles. The number of benzene rings is 1. The van der Waals surface area contributed by atoms with Gasteiger partial charge in [-0.15, -0.1) is 5.10 Å². The van der Waals surface area contributed by atoms with E-state index in [2.05, 4.69) is 22.4 Å². The molecule has 0 unspecified atom stereocenters. The van der Waals surface area contributed by atoms with E-state index in [1.807, 2.05) is 4.68 Å². The quantitative estimate of drug-likeness (QED) is 0.842. The molecule has 1 fully saturated rings. The predicted octanol–water partition coefficient (Wildman–Crippen LogP) is 2.35. The maximum atomic E-state index is 13.5. The van der Waals surface area contributed by atoms with Crippen LogP contribution >= 0.6 is 0 Å². The van der Waals surface area contributed by atoms with Gasteiger partial charge in [-0.05, 0) is 48.4 Å². The standard InChI is InChI=1S/C13H16FN5/c1-13(4-2-3-5-13)19-12(16-17-18-19)9-6-10(14)8-11(15)7-9/h6-8H,2-5,15H2,1H3. The molecule has 0 bridgehead atoms. The summed E-state index contributed by atoms with van der Waals surface area (Å²) < 4.78 is 15.3. The summed E-state index contributed by atoms with van der Waals surface area (Å²) in [6.45, 7) is 2.14. The molecule has 2 aromatic rings. The fourth-order valence-corrected chi connectivity index (χ4v) is 2.82. The second-order valence-corrected chi connectivity index (χ2v) is 5.39. The third-order valence-electron chi connectivity index (χ3n) is 3.84. The Balaban J connectivity index is 2.09. The maximum absolute atomic E-state index is 13.5. The zero-order chi connectivity index (χ0) is 13.5. The smallest absolute Gasteiger partial charge is 0.182 e. The minimum atomic E-state index is -0.374. The van der Waals surface area contributed by atoms with Gasteiger partial charge in [0.25, 0.3) is 0 Å². The molecule has 1 aliphatic rings. The van der Waals surface area contributed by atoms with Crippen molar-refractivity contribution in [3.05, 3.63) is 24.0 Å². The second-order valence-electron chi connectivity index (χ2n) is 5.39. The Hall–Kier alpha value is -1.98. The SMILES string of the molecule is CC1(n2nnnc2-c2cc(N)cc(F)c2)CCCC1. The number of tetrazole rings is 1. The van der Waals surface area contributed by atoms with E-state index in [-0.39, 0.29) is 11.4 Å². The first kappa shape index (κ1) is 12.1. The van der Waals surface area contributed by atoms with E-state index in [0.29, 0.717) is 17.1 Å². The van der Waals surface area contributed by atoms with Crippen LogP contribution in [0.5, 0.6) is 0 Å². The molecule has 0 saturated heterocycles. The Morgan fingerprint density at radius 2 is 2.00 bits per heavy atom. The average molecular weight is 261 g/mol. The van der Waals surface area contributed by atoms with Crippen LogP contribution in [0.2, 0.25) is 0 Å². The fraction of sp³-hybridized carbons (Fsp3) is 0.462. The maximum Gasteiger partial charge on any atom is 0.182 e. The van der Waals surface area contributed by atoms with Crippen molar-refractivity contribution in [2.75, 3.05) is 5.73 Å². The van der Waals surface area contributed by atoms with Gasteiger partial charge >= 0.3 is 0 Å². The van der Waals surface area contributed by atoms with Crippen LogP contribution in [-0.2, 0) is 5.54 Å². The molecule has 6 heteroatoms. The number of nitrogens with two attached hydrogens (primary N) is 1. The van der Waals surface area contributed by atoms with Crippen LogP contribution in [0.1, 0.15) is 32.6 Å². The summed E-state index contributed by atoms with van der Waals surface area (Å²) >= 11 is 0. The number of halogens is 1. The van der Waals surface area contributed by atoms with Gasteiger partial charge in [0.15, 0.2) is 5.82 Å². The van der Waals surface area contributed by atoms with Gasteiger partial charge in [-0.1, -0.05) is 12.8 Å². The predicted molar refractivity (Wildman–Crippen MR) is 69.7 cm³/mol. The summed E-state index contributed by atoms with van der Waals surface area (Å²) in [5, 5.41) is 11.9. The first-order chi connectivity index (χ1) is 9.08. The number of hydrogen-bond acceptors (Lipinski definition) is 4. The summed E-state index contributed by atoms with van der Waals surface area (Å²) in [6.07, 6.45) is 4.41. The lowest BCUT2D eigenvalue weighted by Crippen LogP contribution is -2.28. The highest BCUT2D eigenvalue weighted by molar-refractivity contribution is 5.61. The van der Waals surface area contributed by atoms with E-state index in [0.717, 1.165) is 12.8 Å². The molecule has 1 heterocycles. The van der Waals surface area contributed by atoms with Crippen molar-refractivity contribution in [2.45, 2.75) is 38.1 Å². The van der Waals surface area contributed by atoms with E-state index in [4.69, 9.17) is 5.73 Å². The minimum Gasteiger partial charge on any atom is -0.399 e. The van der Waals surface area contributed by atoms with Gasteiger partial charge in [-0.3, -0.25) is 0 Å². The molecule has 3 rings (SSSR count). The lowest BCUT2D eigenvalue weighted by Gasteiger charge is -2.24. The first-order valence-corrected chi connectivity index (χ1v) is 6.44. The van der Waals surface area contributed by atoms with Crippen molar-refractivity contribution in [1.29, 1.82) is 0 Å². The Morgan fingerprint density at radius 1 is 1.26 bits per heavy atom. The Bertz CT molecular complexity index is 581. The monoisotopic (exact) mass is 261 g/mol. The van der Waals surface area contributed by atoms with Gasteiger partial charge in [0.2, 0.25) is 0 Å². The molecule has 1 aliphatic carbocycles. The summed E-state index contributed by atoms with van der Waals surface area (Å²) in [6, 6.07) is 4.40. The van der Waals surface area contributed by atoms with Crippen LogP contribution in [0.3, 0.4) is 0 Å². The van der Waals surface area contributed by atoms with Crippen LogP contribution in [0.15, 0.2) is 18.2 Å². The average Bonchev–Trinajstić information content (AvgIpc) is 2.96. The number of aromatic nitrogens is 4. The normalized spacial score (nSPS) is 17.8. The largest absolute Gasteiger partial charge is 0.399 e. The Kier molecular flexibility index (Phi) is 2.73. The van der Waals surface area contributed by atoms with Gasteiger partial charge < -0.3 is 5.73 Å². The lowest BCUT2D eigenvalue weighted by atomic mass is 10.0. The highest BCUT2D eigenvalue weighted by Crippen LogP contribution is 2.37. The summed E-state index contributed by atoms with van der Waals surface area (Å²) in [7, 11) is 0. The van der Waals surface area contributed by atoms with Crippen molar-refractivity contribution in [2.24, 2.45) is 0 Å². The van der Waals surface area contributed by atoms with Gasteiger partial charge in [0.05, 0.1) is 5.54 Å². The third-order valence-corrected chi connectivity index (χ3v) is 3.84. The third kappa shape index (κ3) is 2.07. The molecule has 1 aromatic heterocycles. The molecule has 100 valence electrons. The van der Waals surface area contributed by atoms with E-state index < -0.39 is 0 Å². The van der Waals surface area contributed by atoms with Crippen LogP contribution in [0.25, 0.3) is 11.4 Å². The van der Waals surface area contributed by atoms with E-state index in [1.165, 1.54) is 25.0 Å². The molecule has 1 aromatic carbocycles. The van der Waals surface area contributed by atoms with E-state index >= 15 is 0 Å². The molecule has 0 atom stereocenters. The van der Waals surface area contributed by atoms with Gasteiger partial charge in [-0.25, -0.2) is 9.07 Å². The zero-order valence-electron chi connectivity index (χ0n) is 10.8. The molecule has 5 nitrogen and oxygen atoms in total. The summed E-state index contributed by atoms with van der Waals surface area (Å²) in [5.41, 5.74) is 6.60. The minimum absolute atomic E-state index is 0.0834. The highest BCUT2D eigenvalue weighted by atomic mass is 19.1. The molecular weight excluding hydrogens is 245 g/mol. The number of nitrogen functional groups attached to an aromatic ring is 1. The Morgan fingerprint density at radius 3 is 2.68 bits per heavy atom. The molecular formula is C13H16FN5. The topological polar surface area (TPSA) is 69.6 Å². The molecule has 0 radical (unpaired) electrons. The second kappa shape index (κ2) is 4.29. The van der Waals surface area contributed by atoms with Gasteiger partial charge in [-0.2, -0.15) is 0 Å². The Labute approximate surface area is 110 Å².